The van der Waals surface area contributed by atoms with Gasteiger partial charge in [-0.15, -0.1) is 10.2 Å². The smallest absolute Gasteiger partial charge is 0.164 e. The summed E-state index contributed by atoms with van der Waals surface area (Å²) in [5.74, 6) is 2.80. The van der Waals surface area contributed by atoms with Crippen LogP contribution in [0.3, 0.4) is 0 Å². The molecule has 9 nitrogen and oxygen atoms in total. The monoisotopic (exact) mass is 412 g/mol. The molecule has 0 radical (unpaired) electrons. The zero-order valence-electron chi connectivity index (χ0n) is 16.9. The molecule has 0 aliphatic carbocycles. The van der Waals surface area contributed by atoms with Crippen LogP contribution in [0.4, 0.5) is 11.5 Å². The molecule has 1 saturated heterocycles. The van der Waals surface area contributed by atoms with Gasteiger partial charge in [-0.25, -0.2) is 9.50 Å². The summed E-state index contributed by atoms with van der Waals surface area (Å²) in [4.78, 5) is 4.51. The van der Waals surface area contributed by atoms with E-state index in [0.717, 1.165) is 47.1 Å². The molecule has 0 bridgehead atoms. The van der Waals surface area contributed by atoms with Crippen LogP contribution in [-0.4, -0.2) is 42.3 Å². The minimum atomic E-state index is 0.497. The van der Waals surface area contributed by atoms with Crippen molar-refractivity contribution in [1.82, 2.24) is 34.5 Å². The van der Waals surface area contributed by atoms with Crippen LogP contribution in [0.25, 0.3) is 11.2 Å². The topological polar surface area (TPSA) is 93.7 Å². The molecule has 9 heteroatoms. The summed E-state index contributed by atoms with van der Waals surface area (Å²) in [6.45, 7) is 3.99. The first-order valence-electron chi connectivity index (χ1n) is 10.1. The van der Waals surface area contributed by atoms with Crippen LogP contribution in [0.15, 0.2) is 61.4 Å². The van der Waals surface area contributed by atoms with Gasteiger partial charge in [0.2, 0.25) is 0 Å². The van der Waals surface area contributed by atoms with Crippen LogP contribution in [0.1, 0.15) is 17.0 Å². The van der Waals surface area contributed by atoms with Crippen molar-refractivity contribution in [3.63, 3.8) is 0 Å². The quantitative estimate of drug-likeness (QED) is 0.457. The highest BCUT2D eigenvalue weighted by Gasteiger charge is 2.24. The van der Waals surface area contributed by atoms with E-state index in [1.807, 2.05) is 52.5 Å². The summed E-state index contributed by atoms with van der Waals surface area (Å²) in [6, 6.07) is 11.9. The SMILES string of the molecule is Cc1cc(Nc2ncnn3ccc(C4CNC4)c23)ccc1Oc1ccn2cnnc2c1. The molecule has 1 aliphatic rings. The Balaban J connectivity index is 1.28. The molecular formula is C22H20N8O. The molecule has 0 amide bonds. The highest BCUT2D eigenvalue weighted by molar-refractivity contribution is 5.77. The molecule has 2 N–H and O–H groups in total. The summed E-state index contributed by atoms with van der Waals surface area (Å²) in [6.07, 6.45) is 7.10. The normalized spacial score (nSPS) is 14.1. The van der Waals surface area contributed by atoms with Crippen molar-refractivity contribution in [1.29, 1.82) is 0 Å². The van der Waals surface area contributed by atoms with Gasteiger partial charge in [0.25, 0.3) is 0 Å². The zero-order chi connectivity index (χ0) is 20.8. The second-order valence-electron chi connectivity index (χ2n) is 7.69. The summed E-state index contributed by atoms with van der Waals surface area (Å²) in [5, 5.41) is 19.1. The molecule has 0 spiro atoms. The first-order chi connectivity index (χ1) is 15.2. The molecule has 0 atom stereocenters. The van der Waals surface area contributed by atoms with Crippen molar-refractivity contribution in [3.05, 3.63) is 72.6 Å². The molecule has 1 aromatic carbocycles. The highest BCUT2D eigenvalue weighted by atomic mass is 16.5. The number of nitrogens with zero attached hydrogens (tertiary/aromatic N) is 6. The number of pyridine rings is 1. The molecule has 5 heterocycles. The van der Waals surface area contributed by atoms with E-state index in [0.29, 0.717) is 11.7 Å². The summed E-state index contributed by atoms with van der Waals surface area (Å²) in [5.41, 5.74) is 4.98. The largest absolute Gasteiger partial charge is 0.457 e. The summed E-state index contributed by atoms with van der Waals surface area (Å²) >= 11 is 0. The lowest BCUT2D eigenvalue weighted by Gasteiger charge is -2.27. The van der Waals surface area contributed by atoms with Crippen LogP contribution in [-0.2, 0) is 0 Å². The van der Waals surface area contributed by atoms with Gasteiger partial charge < -0.3 is 15.4 Å². The van der Waals surface area contributed by atoms with E-state index in [1.54, 1.807) is 12.7 Å². The number of hydrogen-bond donors (Lipinski definition) is 2. The van der Waals surface area contributed by atoms with Crippen molar-refractivity contribution >= 4 is 22.7 Å². The Morgan fingerprint density at radius 3 is 2.90 bits per heavy atom. The van der Waals surface area contributed by atoms with Crippen LogP contribution in [0.5, 0.6) is 11.5 Å². The molecular weight excluding hydrogens is 392 g/mol. The van der Waals surface area contributed by atoms with Gasteiger partial charge in [0.05, 0.1) is 0 Å². The fourth-order valence-electron chi connectivity index (χ4n) is 3.88. The Morgan fingerprint density at radius 2 is 2.06 bits per heavy atom. The van der Waals surface area contributed by atoms with Crippen molar-refractivity contribution in [2.75, 3.05) is 18.4 Å². The number of aromatic nitrogens is 6. The number of benzene rings is 1. The Morgan fingerprint density at radius 1 is 1.13 bits per heavy atom. The highest BCUT2D eigenvalue weighted by Crippen LogP contribution is 2.32. The molecule has 5 aromatic rings. The first kappa shape index (κ1) is 17.8. The average molecular weight is 412 g/mol. The third-order valence-electron chi connectivity index (χ3n) is 5.64. The lowest BCUT2D eigenvalue weighted by atomic mass is 9.95. The lowest BCUT2D eigenvalue weighted by molar-refractivity contribution is 0.451. The molecule has 0 saturated carbocycles. The van der Waals surface area contributed by atoms with Crippen LogP contribution >= 0.6 is 0 Å². The van der Waals surface area contributed by atoms with Gasteiger partial charge in [-0.3, -0.25) is 4.40 Å². The maximum absolute atomic E-state index is 6.08. The standard InChI is InChI=1S/C22H20N8O/c1-14-8-16(2-3-19(14)31-17-4-6-29-13-25-28-20(29)9-17)27-22-21-18(15-10-23-11-15)5-7-30(21)26-12-24-22/h2-9,12-13,15,23H,10-11H2,1H3,(H,24,26,27). The van der Waals surface area contributed by atoms with E-state index in [2.05, 4.69) is 43.0 Å². The van der Waals surface area contributed by atoms with Gasteiger partial charge in [-0.05, 0) is 48.4 Å². The van der Waals surface area contributed by atoms with E-state index in [1.165, 1.54) is 5.56 Å². The molecule has 1 aliphatic heterocycles. The van der Waals surface area contributed by atoms with Gasteiger partial charge in [0.15, 0.2) is 11.5 Å². The van der Waals surface area contributed by atoms with Crippen molar-refractivity contribution < 1.29 is 4.74 Å². The van der Waals surface area contributed by atoms with Crippen molar-refractivity contribution in [2.45, 2.75) is 12.8 Å². The molecule has 0 unspecified atom stereocenters. The third-order valence-corrected chi connectivity index (χ3v) is 5.64. The molecule has 31 heavy (non-hydrogen) atoms. The van der Waals surface area contributed by atoms with Crippen molar-refractivity contribution in [3.8, 4) is 11.5 Å². The maximum atomic E-state index is 6.08. The lowest BCUT2D eigenvalue weighted by Crippen LogP contribution is -2.39. The third kappa shape index (κ3) is 3.15. The summed E-state index contributed by atoms with van der Waals surface area (Å²) < 4.78 is 9.80. The zero-order valence-corrected chi connectivity index (χ0v) is 16.9. The van der Waals surface area contributed by atoms with E-state index in [9.17, 15) is 0 Å². The van der Waals surface area contributed by atoms with Crippen LogP contribution < -0.4 is 15.4 Å². The maximum Gasteiger partial charge on any atom is 0.164 e. The van der Waals surface area contributed by atoms with Crippen LogP contribution in [0.2, 0.25) is 0 Å². The second-order valence-corrected chi connectivity index (χ2v) is 7.69. The molecule has 154 valence electrons. The first-order valence-corrected chi connectivity index (χ1v) is 10.1. The molecule has 1 fully saturated rings. The fourth-order valence-corrected chi connectivity index (χ4v) is 3.88. The van der Waals surface area contributed by atoms with Gasteiger partial charge in [0.1, 0.15) is 29.7 Å². The van der Waals surface area contributed by atoms with Crippen LogP contribution in [0, 0.1) is 6.92 Å². The Kier molecular flexibility index (Phi) is 4.07. The van der Waals surface area contributed by atoms with E-state index >= 15 is 0 Å². The Bertz CT molecular complexity index is 1400. The average Bonchev–Trinajstić information content (AvgIpc) is 3.36. The number of aryl methyl sites for hydroxylation is 1. The minimum Gasteiger partial charge on any atom is -0.457 e. The van der Waals surface area contributed by atoms with E-state index < -0.39 is 0 Å². The van der Waals surface area contributed by atoms with E-state index in [-0.39, 0.29) is 0 Å². The Labute approximate surface area is 177 Å². The minimum absolute atomic E-state index is 0.497. The van der Waals surface area contributed by atoms with Gasteiger partial charge in [0, 0.05) is 43.2 Å². The van der Waals surface area contributed by atoms with Gasteiger partial charge in [-0.1, -0.05) is 0 Å². The number of anilines is 2. The molecule has 4 aromatic heterocycles. The van der Waals surface area contributed by atoms with Gasteiger partial charge >= 0.3 is 0 Å². The number of nitrogens with one attached hydrogen (secondary N) is 2. The van der Waals surface area contributed by atoms with Gasteiger partial charge in [-0.2, -0.15) is 5.10 Å². The summed E-state index contributed by atoms with van der Waals surface area (Å²) in [7, 11) is 0. The molecule has 6 rings (SSSR count). The number of ether oxygens (including phenoxy) is 1. The number of rotatable bonds is 5. The predicted molar refractivity (Wildman–Crippen MR) is 116 cm³/mol. The fraction of sp³-hybridized carbons (Fsp3) is 0.182. The number of hydrogen-bond acceptors (Lipinski definition) is 7. The second kappa shape index (κ2) is 7.06. The number of fused-ring (bicyclic) bond motifs is 2. The Hall–Kier alpha value is -3.98. The van der Waals surface area contributed by atoms with Crippen molar-refractivity contribution in [2.24, 2.45) is 0 Å². The van der Waals surface area contributed by atoms with E-state index in [4.69, 9.17) is 4.74 Å². The predicted octanol–water partition coefficient (Wildman–Crippen LogP) is 3.30.